The molecule has 1 aromatic heterocycles. The smallest absolute Gasteiger partial charge is 0.283 e. The molecule has 0 aromatic carbocycles. The molecule has 6 nitrogen and oxygen atoms in total. The molecule has 1 amide bonds. The third-order valence-electron chi connectivity index (χ3n) is 3.92. The van der Waals surface area contributed by atoms with Gasteiger partial charge in [0.1, 0.15) is 0 Å². The van der Waals surface area contributed by atoms with Crippen molar-refractivity contribution in [3.05, 3.63) is 25.9 Å². The maximum Gasteiger partial charge on any atom is 0.283 e. The Bertz CT molecular complexity index is 533. The van der Waals surface area contributed by atoms with E-state index in [1.807, 2.05) is 0 Å². The average molecular weight is 312 g/mol. The lowest BCUT2D eigenvalue weighted by molar-refractivity contribution is -0.385. The van der Waals surface area contributed by atoms with Crippen LogP contribution in [0.3, 0.4) is 0 Å². The monoisotopic (exact) mass is 312 g/mol. The summed E-state index contributed by atoms with van der Waals surface area (Å²) < 4.78 is 0. The predicted molar refractivity (Wildman–Crippen MR) is 80.7 cm³/mol. The van der Waals surface area contributed by atoms with Crippen LogP contribution in [0.1, 0.15) is 53.1 Å². The minimum absolute atomic E-state index is 0.0293. The number of aryl methyl sites for hydroxylation is 1. The van der Waals surface area contributed by atoms with Gasteiger partial charge in [-0.25, -0.2) is 0 Å². The highest BCUT2D eigenvalue weighted by Gasteiger charge is 2.29. The van der Waals surface area contributed by atoms with E-state index in [-0.39, 0.29) is 18.1 Å². The summed E-state index contributed by atoms with van der Waals surface area (Å²) in [7, 11) is 0. The van der Waals surface area contributed by atoms with E-state index in [0.29, 0.717) is 22.6 Å². The first kappa shape index (κ1) is 15.9. The Morgan fingerprint density at radius 1 is 1.43 bits per heavy atom. The molecule has 0 aliphatic heterocycles. The van der Waals surface area contributed by atoms with E-state index in [1.165, 1.54) is 6.07 Å². The van der Waals surface area contributed by atoms with Gasteiger partial charge in [0.05, 0.1) is 20.3 Å². The van der Waals surface area contributed by atoms with Crippen molar-refractivity contribution >= 4 is 22.9 Å². The Balaban J connectivity index is 1.98. The molecular formula is C14H20N2O4S. The number of hydrogen-bond acceptors (Lipinski definition) is 5. The number of carbonyl (C=O) groups is 1. The lowest BCUT2D eigenvalue weighted by Crippen LogP contribution is -2.42. The highest BCUT2D eigenvalue weighted by Crippen LogP contribution is 2.29. The van der Waals surface area contributed by atoms with E-state index in [4.69, 9.17) is 0 Å². The van der Waals surface area contributed by atoms with Gasteiger partial charge in [-0.15, -0.1) is 11.3 Å². The summed E-state index contributed by atoms with van der Waals surface area (Å²) in [6.07, 6.45) is 5.55. The first-order chi connectivity index (χ1) is 9.91. The molecular weight excluding hydrogens is 292 g/mol. The summed E-state index contributed by atoms with van der Waals surface area (Å²) in [6, 6.07) is 1.30. The van der Waals surface area contributed by atoms with Crippen LogP contribution in [-0.4, -0.2) is 28.1 Å². The third-order valence-corrected chi connectivity index (χ3v) is 4.96. The minimum atomic E-state index is -0.843. The second-order valence-corrected chi connectivity index (χ2v) is 6.89. The van der Waals surface area contributed by atoms with E-state index < -0.39 is 10.5 Å². The van der Waals surface area contributed by atoms with Gasteiger partial charge >= 0.3 is 0 Å². The van der Waals surface area contributed by atoms with Gasteiger partial charge < -0.3 is 10.4 Å². The lowest BCUT2D eigenvalue weighted by Gasteiger charge is -2.26. The molecule has 1 aromatic rings. The molecule has 2 rings (SSSR count). The van der Waals surface area contributed by atoms with Gasteiger partial charge in [-0.1, -0.05) is 25.7 Å². The number of nitrogens with one attached hydrogen (secondary N) is 1. The fourth-order valence-corrected chi connectivity index (χ4v) is 3.56. The van der Waals surface area contributed by atoms with Crippen molar-refractivity contribution in [2.45, 2.75) is 51.0 Å². The van der Waals surface area contributed by atoms with E-state index in [9.17, 15) is 20.0 Å². The fourth-order valence-electron chi connectivity index (χ4n) is 2.66. The number of rotatable bonds is 4. The highest BCUT2D eigenvalue weighted by molar-refractivity contribution is 7.14. The summed E-state index contributed by atoms with van der Waals surface area (Å²) in [5, 5.41) is 24.0. The van der Waals surface area contributed by atoms with Crippen molar-refractivity contribution < 1.29 is 14.8 Å². The molecule has 7 heteroatoms. The van der Waals surface area contributed by atoms with E-state index in [1.54, 1.807) is 6.92 Å². The van der Waals surface area contributed by atoms with Gasteiger partial charge in [-0.3, -0.25) is 14.9 Å². The Labute approximate surface area is 127 Å². The summed E-state index contributed by atoms with van der Waals surface area (Å²) in [4.78, 5) is 23.2. The van der Waals surface area contributed by atoms with E-state index in [0.717, 1.165) is 37.0 Å². The van der Waals surface area contributed by atoms with Crippen molar-refractivity contribution in [3.8, 4) is 0 Å². The second kappa shape index (κ2) is 6.53. The van der Waals surface area contributed by atoms with Crippen molar-refractivity contribution in [1.29, 1.82) is 0 Å². The zero-order valence-electron chi connectivity index (χ0n) is 12.1. The molecule has 0 saturated heterocycles. The topological polar surface area (TPSA) is 92.5 Å². The molecule has 1 aliphatic rings. The highest BCUT2D eigenvalue weighted by atomic mass is 32.1. The quantitative estimate of drug-likeness (QED) is 0.508. The number of hydrogen-bond donors (Lipinski definition) is 2. The molecule has 0 spiro atoms. The van der Waals surface area contributed by atoms with Crippen LogP contribution >= 0.6 is 11.3 Å². The summed E-state index contributed by atoms with van der Waals surface area (Å²) in [5.74, 6) is -0.353. The Kier molecular flexibility index (Phi) is 4.95. The van der Waals surface area contributed by atoms with Crippen LogP contribution in [0.4, 0.5) is 5.69 Å². The van der Waals surface area contributed by atoms with Crippen LogP contribution in [0.2, 0.25) is 0 Å². The van der Waals surface area contributed by atoms with Crippen LogP contribution in [0.5, 0.6) is 0 Å². The number of aliphatic hydroxyl groups is 1. The first-order valence-electron chi connectivity index (χ1n) is 7.17. The van der Waals surface area contributed by atoms with Gasteiger partial charge in [0.2, 0.25) is 0 Å². The Morgan fingerprint density at radius 3 is 2.57 bits per heavy atom. The zero-order valence-corrected chi connectivity index (χ0v) is 12.9. The zero-order chi connectivity index (χ0) is 15.5. The summed E-state index contributed by atoms with van der Waals surface area (Å²) in [5.41, 5.74) is -0.872. The average Bonchev–Trinajstić information content (AvgIpc) is 2.69. The fraction of sp³-hybridized carbons (Fsp3) is 0.643. The minimum Gasteiger partial charge on any atom is -0.388 e. The largest absolute Gasteiger partial charge is 0.388 e. The maximum atomic E-state index is 12.1. The molecule has 2 N–H and O–H groups in total. The molecule has 1 heterocycles. The van der Waals surface area contributed by atoms with Crippen molar-refractivity contribution in [2.75, 3.05) is 6.54 Å². The van der Waals surface area contributed by atoms with Gasteiger partial charge in [0.15, 0.2) is 0 Å². The number of nitro groups is 1. The van der Waals surface area contributed by atoms with Crippen molar-refractivity contribution in [2.24, 2.45) is 0 Å². The second-order valence-electron chi connectivity index (χ2n) is 5.63. The standard InChI is InChI=1S/C14H20N2O4S/c1-10-11(16(19)20)8-12(21-10)13(17)15-9-14(18)6-4-2-3-5-7-14/h8,18H,2-7,9H2,1H3,(H,15,17). The van der Waals surface area contributed by atoms with E-state index >= 15 is 0 Å². The molecule has 0 unspecified atom stereocenters. The molecule has 1 fully saturated rings. The molecule has 0 radical (unpaired) electrons. The number of nitrogens with zero attached hydrogens (tertiary/aromatic N) is 1. The van der Waals surface area contributed by atoms with Crippen LogP contribution in [-0.2, 0) is 0 Å². The van der Waals surface area contributed by atoms with Gasteiger partial charge in [0.25, 0.3) is 11.6 Å². The van der Waals surface area contributed by atoms with Crippen LogP contribution in [0, 0.1) is 17.0 Å². The van der Waals surface area contributed by atoms with Crippen molar-refractivity contribution in [1.82, 2.24) is 5.32 Å². The Hall–Kier alpha value is -1.47. The SMILES string of the molecule is Cc1sc(C(=O)NCC2(O)CCCCCC2)cc1[N+](=O)[O-]. The van der Waals surface area contributed by atoms with Gasteiger partial charge in [-0.05, 0) is 19.8 Å². The van der Waals surface area contributed by atoms with Crippen molar-refractivity contribution in [3.63, 3.8) is 0 Å². The molecule has 1 aliphatic carbocycles. The Morgan fingerprint density at radius 2 is 2.05 bits per heavy atom. The predicted octanol–water partition coefficient (Wildman–Crippen LogP) is 2.78. The van der Waals surface area contributed by atoms with Crippen LogP contribution in [0.25, 0.3) is 0 Å². The van der Waals surface area contributed by atoms with Gasteiger partial charge in [0, 0.05) is 12.6 Å². The summed E-state index contributed by atoms with van der Waals surface area (Å²) in [6.45, 7) is 1.83. The van der Waals surface area contributed by atoms with Crippen LogP contribution < -0.4 is 5.32 Å². The number of amides is 1. The lowest BCUT2D eigenvalue weighted by atomic mass is 9.94. The first-order valence-corrected chi connectivity index (χ1v) is 7.98. The number of thiophene rings is 1. The van der Waals surface area contributed by atoms with E-state index in [2.05, 4.69) is 5.32 Å². The molecule has 21 heavy (non-hydrogen) atoms. The molecule has 0 atom stereocenters. The maximum absolute atomic E-state index is 12.1. The summed E-state index contributed by atoms with van der Waals surface area (Å²) >= 11 is 1.11. The van der Waals surface area contributed by atoms with Crippen LogP contribution in [0.15, 0.2) is 6.07 Å². The van der Waals surface area contributed by atoms with Gasteiger partial charge in [-0.2, -0.15) is 0 Å². The molecule has 1 saturated carbocycles. The normalized spacial score (nSPS) is 18.0. The number of carbonyl (C=O) groups excluding carboxylic acids is 1. The molecule has 0 bridgehead atoms. The molecule has 116 valence electrons. The third kappa shape index (κ3) is 4.01.